The van der Waals surface area contributed by atoms with Gasteiger partial charge in [-0.1, -0.05) is 29.5 Å². The number of ether oxygens (including phenoxy) is 5. The molecule has 1 aromatic heterocycles. The molecule has 0 bridgehead atoms. The molecule has 2 heterocycles. The van der Waals surface area contributed by atoms with E-state index in [0.29, 0.717) is 16.7 Å². The lowest BCUT2D eigenvalue weighted by atomic mass is 9.97. The zero-order valence-electron chi connectivity index (χ0n) is 22.5. The van der Waals surface area contributed by atoms with Crippen LogP contribution in [0, 0.1) is 6.92 Å². The molecular weight excluding hydrogens is 532 g/mol. The molecular formula is C25H32N4O9S. The van der Waals surface area contributed by atoms with Gasteiger partial charge in [-0.3, -0.25) is 19.2 Å². The second-order valence-corrected chi connectivity index (χ2v) is 9.96. The van der Waals surface area contributed by atoms with Crippen LogP contribution in [-0.4, -0.2) is 75.0 Å². The number of hydrogen-bond donors (Lipinski definition) is 1. The van der Waals surface area contributed by atoms with Gasteiger partial charge in [-0.25, -0.2) is 0 Å². The highest BCUT2D eigenvalue weighted by Crippen LogP contribution is 2.35. The molecule has 1 amide bonds. The van der Waals surface area contributed by atoms with Gasteiger partial charge in [0.05, 0.1) is 0 Å². The van der Waals surface area contributed by atoms with Crippen LogP contribution in [0.25, 0.3) is 0 Å². The minimum atomic E-state index is -1.17. The van der Waals surface area contributed by atoms with E-state index in [0.717, 1.165) is 17.3 Å². The van der Waals surface area contributed by atoms with Gasteiger partial charge in [0, 0.05) is 34.7 Å². The first-order valence-corrected chi connectivity index (χ1v) is 13.0. The Kier molecular flexibility index (Phi) is 10.3. The van der Waals surface area contributed by atoms with Crippen molar-refractivity contribution in [3.8, 4) is 5.75 Å². The number of thioether (sulfide) groups is 1. The van der Waals surface area contributed by atoms with Gasteiger partial charge < -0.3 is 33.6 Å². The fourth-order valence-corrected chi connectivity index (χ4v) is 4.98. The number of benzene rings is 1. The fourth-order valence-electron chi connectivity index (χ4n) is 3.85. The van der Waals surface area contributed by atoms with Crippen molar-refractivity contribution in [3.05, 3.63) is 35.7 Å². The Morgan fingerprint density at radius 1 is 0.974 bits per heavy atom. The maximum absolute atomic E-state index is 12.1. The minimum absolute atomic E-state index is 0.146. The summed E-state index contributed by atoms with van der Waals surface area (Å²) < 4.78 is 29.8. The molecule has 13 nitrogen and oxygen atoms in total. The third kappa shape index (κ3) is 8.42. The summed E-state index contributed by atoms with van der Waals surface area (Å²) >= 11 is 1.10. The number of carbonyl (C=O) groups excluding carboxylic acids is 4. The Morgan fingerprint density at radius 2 is 1.62 bits per heavy atom. The predicted molar refractivity (Wildman–Crippen MR) is 136 cm³/mol. The summed E-state index contributed by atoms with van der Waals surface area (Å²) in [4.78, 5) is 47.6. The molecule has 1 N–H and O–H groups in total. The number of carbonyl (C=O) groups is 4. The number of hydrogen-bond acceptors (Lipinski definition) is 12. The van der Waals surface area contributed by atoms with E-state index in [1.807, 2.05) is 31.2 Å². The van der Waals surface area contributed by atoms with Crippen LogP contribution < -0.4 is 10.1 Å². The lowest BCUT2D eigenvalue weighted by Gasteiger charge is -2.44. The molecule has 0 aliphatic carbocycles. The van der Waals surface area contributed by atoms with Crippen LogP contribution in [0.5, 0.6) is 5.75 Å². The van der Waals surface area contributed by atoms with Gasteiger partial charge in [-0.05, 0) is 19.1 Å². The van der Waals surface area contributed by atoms with Gasteiger partial charge in [0.1, 0.15) is 36.5 Å². The number of aryl methyl sites for hydroxylation is 1. The summed E-state index contributed by atoms with van der Waals surface area (Å²) in [6.07, 6.45) is -3.33. The van der Waals surface area contributed by atoms with Crippen molar-refractivity contribution in [2.75, 3.05) is 6.61 Å². The molecule has 1 aromatic carbocycles. The first kappa shape index (κ1) is 29.9. The summed E-state index contributed by atoms with van der Waals surface area (Å²) in [6.45, 7) is 6.73. The topological polar surface area (TPSA) is 157 Å². The van der Waals surface area contributed by atoms with Crippen molar-refractivity contribution in [1.82, 2.24) is 20.1 Å². The lowest BCUT2D eigenvalue weighted by Crippen LogP contribution is -2.65. The predicted octanol–water partition coefficient (Wildman–Crippen LogP) is 1.45. The van der Waals surface area contributed by atoms with Crippen molar-refractivity contribution >= 4 is 35.6 Å². The van der Waals surface area contributed by atoms with Crippen LogP contribution in [0.2, 0.25) is 0 Å². The second-order valence-electron chi connectivity index (χ2n) is 8.90. The molecule has 0 unspecified atom stereocenters. The Hall–Kier alpha value is -3.65. The van der Waals surface area contributed by atoms with Gasteiger partial charge in [0.15, 0.2) is 23.2 Å². The number of amides is 1. The molecule has 0 spiro atoms. The molecule has 14 heteroatoms. The molecule has 5 atom stereocenters. The highest BCUT2D eigenvalue weighted by molar-refractivity contribution is 7.99. The van der Waals surface area contributed by atoms with Crippen molar-refractivity contribution < 1.29 is 42.9 Å². The Labute approximate surface area is 229 Å². The van der Waals surface area contributed by atoms with Crippen LogP contribution in [0.15, 0.2) is 29.4 Å². The quantitative estimate of drug-likeness (QED) is 0.328. The Bertz CT molecular complexity index is 1190. The SMILES string of the molecule is CC(=O)N[C@@H]1[C@H](OC(C)=O)[C@H](OC(C)=O)[C@H](COC(C)=O)O[C@@H]1Sc1nnc(COc2ccc(C)cc2)n1C. The molecule has 0 saturated carbocycles. The van der Waals surface area contributed by atoms with Crippen LogP contribution in [0.4, 0.5) is 0 Å². The summed E-state index contributed by atoms with van der Waals surface area (Å²) in [5.74, 6) is -1.16. The van der Waals surface area contributed by atoms with E-state index in [9.17, 15) is 19.2 Å². The maximum atomic E-state index is 12.1. The molecule has 2 aromatic rings. The molecule has 1 fully saturated rings. The molecule has 1 aliphatic heterocycles. The third-order valence-electron chi connectivity index (χ3n) is 5.61. The number of esters is 3. The molecule has 0 radical (unpaired) electrons. The summed E-state index contributed by atoms with van der Waals surface area (Å²) in [5.41, 5.74) is 0.204. The maximum Gasteiger partial charge on any atom is 0.303 e. The molecule has 1 aliphatic rings. The third-order valence-corrected chi connectivity index (χ3v) is 6.81. The van der Waals surface area contributed by atoms with Crippen LogP contribution in [0.1, 0.15) is 39.1 Å². The van der Waals surface area contributed by atoms with Crippen molar-refractivity contribution in [3.63, 3.8) is 0 Å². The van der Waals surface area contributed by atoms with E-state index >= 15 is 0 Å². The Morgan fingerprint density at radius 3 is 2.21 bits per heavy atom. The van der Waals surface area contributed by atoms with E-state index in [1.165, 1.54) is 27.7 Å². The highest BCUT2D eigenvalue weighted by Gasteiger charge is 2.51. The van der Waals surface area contributed by atoms with Crippen LogP contribution in [-0.2, 0) is 51.8 Å². The van der Waals surface area contributed by atoms with Crippen molar-refractivity contribution in [2.24, 2.45) is 7.05 Å². The summed E-state index contributed by atoms with van der Waals surface area (Å²) in [5, 5.41) is 11.6. The number of nitrogens with zero attached hydrogens (tertiary/aromatic N) is 3. The molecule has 3 rings (SSSR count). The summed E-state index contributed by atoms with van der Waals surface area (Å²) in [7, 11) is 1.74. The molecule has 1 saturated heterocycles. The van der Waals surface area contributed by atoms with E-state index in [2.05, 4.69) is 15.5 Å². The van der Waals surface area contributed by atoms with Gasteiger partial charge in [0.2, 0.25) is 5.91 Å². The lowest BCUT2D eigenvalue weighted by molar-refractivity contribution is -0.211. The van der Waals surface area contributed by atoms with Crippen LogP contribution in [0.3, 0.4) is 0 Å². The number of rotatable bonds is 10. The number of nitrogens with one attached hydrogen (secondary N) is 1. The van der Waals surface area contributed by atoms with Gasteiger partial charge in [-0.2, -0.15) is 0 Å². The Balaban J connectivity index is 1.88. The zero-order chi connectivity index (χ0) is 28.7. The average molecular weight is 565 g/mol. The smallest absolute Gasteiger partial charge is 0.303 e. The zero-order valence-corrected chi connectivity index (χ0v) is 23.4. The number of aromatic nitrogens is 3. The van der Waals surface area contributed by atoms with Crippen molar-refractivity contribution in [1.29, 1.82) is 0 Å². The largest absolute Gasteiger partial charge is 0.486 e. The van der Waals surface area contributed by atoms with E-state index in [4.69, 9.17) is 23.7 Å². The van der Waals surface area contributed by atoms with Crippen LogP contribution >= 0.6 is 11.8 Å². The summed E-state index contributed by atoms with van der Waals surface area (Å²) in [6, 6.07) is 6.62. The highest BCUT2D eigenvalue weighted by atomic mass is 32.2. The minimum Gasteiger partial charge on any atom is -0.486 e. The first-order valence-electron chi connectivity index (χ1n) is 12.1. The molecule has 39 heavy (non-hydrogen) atoms. The van der Waals surface area contributed by atoms with E-state index in [1.54, 1.807) is 11.6 Å². The molecule has 212 valence electrons. The normalized spacial score (nSPS) is 22.5. The average Bonchev–Trinajstić information content (AvgIpc) is 3.19. The van der Waals surface area contributed by atoms with Gasteiger partial charge >= 0.3 is 17.9 Å². The second kappa shape index (κ2) is 13.4. The van der Waals surface area contributed by atoms with E-state index in [-0.39, 0.29) is 13.2 Å². The monoisotopic (exact) mass is 564 g/mol. The first-order chi connectivity index (χ1) is 18.4. The van der Waals surface area contributed by atoms with Gasteiger partial charge in [0.25, 0.3) is 0 Å². The van der Waals surface area contributed by atoms with Crippen molar-refractivity contribution in [2.45, 2.75) is 76.2 Å². The van der Waals surface area contributed by atoms with E-state index < -0.39 is 53.6 Å². The standard InChI is InChI=1S/C25H32N4O9S/c1-13-7-9-18(10-8-13)35-12-20-27-28-25(29(20)6)39-24-21(26-14(2)30)23(37-17(5)33)22(36-16(4)32)19(38-24)11-34-15(3)31/h7-10,19,21-24H,11-12H2,1-6H3,(H,26,30)/t19-,21+,22+,23-,24+/m0/s1. The van der Waals surface area contributed by atoms with Gasteiger partial charge in [-0.15, -0.1) is 10.2 Å². The fraction of sp³-hybridized carbons (Fsp3) is 0.520.